The molecular weight excluding hydrogens is 300 g/mol. The maximum atomic E-state index is 12.9. The van der Waals surface area contributed by atoms with E-state index >= 15 is 0 Å². The summed E-state index contributed by atoms with van der Waals surface area (Å²) < 4.78 is 0. The average molecular weight is 322 g/mol. The predicted octanol–water partition coefficient (Wildman–Crippen LogP) is 3.05. The lowest BCUT2D eigenvalue weighted by atomic mass is 10.1. The lowest BCUT2D eigenvalue weighted by Crippen LogP contribution is -2.31. The third kappa shape index (κ3) is 2.86. The summed E-state index contributed by atoms with van der Waals surface area (Å²) in [5.74, 6) is 0.0936. The van der Waals surface area contributed by atoms with Crippen molar-refractivity contribution in [2.45, 2.75) is 31.7 Å². The van der Waals surface area contributed by atoms with Gasteiger partial charge in [-0.05, 0) is 49.9 Å². The van der Waals surface area contributed by atoms with Crippen LogP contribution in [0.25, 0.3) is 0 Å². The second-order valence-corrected chi connectivity index (χ2v) is 6.53. The molecule has 3 heterocycles. The van der Waals surface area contributed by atoms with Crippen LogP contribution in [0.2, 0.25) is 0 Å². The summed E-state index contributed by atoms with van der Waals surface area (Å²) in [6.07, 6.45) is 9.62. The first kappa shape index (κ1) is 15.1. The third-order valence-corrected chi connectivity index (χ3v) is 5.02. The van der Waals surface area contributed by atoms with Crippen LogP contribution in [0.4, 0.5) is 5.69 Å². The lowest BCUT2D eigenvalue weighted by molar-refractivity contribution is 0.0732. The molecule has 1 aromatic heterocycles. The molecule has 0 unspecified atom stereocenters. The molecule has 1 aromatic carbocycles. The Morgan fingerprint density at radius 2 is 1.79 bits per heavy atom. The minimum absolute atomic E-state index is 0.0458. The lowest BCUT2D eigenvalue weighted by Gasteiger charge is -2.24. The van der Waals surface area contributed by atoms with E-state index in [1.165, 1.54) is 18.5 Å². The van der Waals surface area contributed by atoms with Crippen molar-refractivity contribution in [1.29, 1.82) is 0 Å². The molecule has 0 spiro atoms. The van der Waals surface area contributed by atoms with Gasteiger partial charge >= 0.3 is 0 Å². The average Bonchev–Trinajstić information content (AvgIpc) is 3.34. The number of likely N-dealkylation sites (tertiary alicyclic amines) is 1. The quantitative estimate of drug-likeness (QED) is 0.871. The first-order chi connectivity index (χ1) is 11.8. The number of carbonyl (C=O) groups excluding carboxylic acids is 1. The van der Waals surface area contributed by atoms with Gasteiger partial charge in [-0.1, -0.05) is 0 Å². The number of aromatic nitrogens is 2. The number of benzene rings is 1. The maximum Gasteiger partial charge on any atom is 0.254 e. The zero-order chi connectivity index (χ0) is 16.4. The van der Waals surface area contributed by atoms with E-state index in [2.05, 4.69) is 27.0 Å². The van der Waals surface area contributed by atoms with Gasteiger partial charge in [-0.3, -0.25) is 14.8 Å². The fourth-order valence-electron chi connectivity index (χ4n) is 3.76. The zero-order valence-corrected chi connectivity index (χ0v) is 13.8. The summed E-state index contributed by atoms with van der Waals surface area (Å²) in [4.78, 5) is 25.8. The van der Waals surface area contributed by atoms with Gasteiger partial charge in [0.15, 0.2) is 0 Å². The smallest absolute Gasteiger partial charge is 0.254 e. The van der Waals surface area contributed by atoms with Gasteiger partial charge in [-0.25, -0.2) is 0 Å². The van der Waals surface area contributed by atoms with Crippen molar-refractivity contribution < 1.29 is 4.79 Å². The largest absolute Gasteiger partial charge is 0.372 e. The first-order valence-electron chi connectivity index (χ1n) is 8.75. The molecule has 5 nitrogen and oxygen atoms in total. The Morgan fingerprint density at radius 3 is 2.50 bits per heavy atom. The van der Waals surface area contributed by atoms with Crippen LogP contribution in [0.3, 0.4) is 0 Å². The van der Waals surface area contributed by atoms with E-state index in [9.17, 15) is 4.79 Å². The van der Waals surface area contributed by atoms with Crippen molar-refractivity contribution in [2.24, 2.45) is 0 Å². The monoisotopic (exact) mass is 322 g/mol. The van der Waals surface area contributed by atoms with Gasteiger partial charge in [0.25, 0.3) is 5.91 Å². The number of rotatable bonds is 3. The van der Waals surface area contributed by atoms with Gasteiger partial charge in [0, 0.05) is 43.3 Å². The number of carbonyl (C=O) groups is 1. The van der Waals surface area contributed by atoms with E-state index in [4.69, 9.17) is 0 Å². The van der Waals surface area contributed by atoms with Crippen LogP contribution >= 0.6 is 0 Å². The molecule has 0 bridgehead atoms. The van der Waals surface area contributed by atoms with Crippen molar-refractivity contribution in [3.8, 4) is 0 Å². The fourth-order valence-corrected chi connectivity index (χ4v) is 3.76. The first-order valence-corrected chi connectivity index (χ1v) is 8.75. The summed E-state index contributed by atoms with van der Waals surface area (Å²) >= 11 is 0. The Bertz CT molecular complexity index is 695. The number of hydrogen-bond donors (Lipinski definition) is 0. The van der Waals surface area contributed by atoms with E-state index in [0.29, 0.717) is 0 Å². The molecule has 1 atom stereocenters. The second-order valence-electron chi connectivity index (χ2n) is 6.53. The maximum absolute atomic E-state index is 12.9. The van der Waals surface area contributed by atoms with Crippen molar-refractivity contribution in [2.75, 3.05) is 24.5 Å². The normalized spacial score (nSPS) is 20.6. The van der Waals surface area contributed by atoms with Gasteiger partial charge in [0.05, 0.1) is 17.9 Å². The number of amides is 1. The molecule has 0 aliphatic carbocycles. The van der Waals surface area contributed by atoms with Crippen LogP contribution in [-0.4, -0.2) is 40.4 Å². The fraction of sp³-hybridized carbons (Fsp3) is 0.421. The van der Waals surface area contributed by atoms with Gasteiger partial charge < -0.3 is 9.80 Å². The van der Waals surface area contributed by atoms with Crippen LogP contribution in [0, 0.1) is 0 Å². The Kier molecular flexibility index (Phi) is 4.15. The molecule has 2 aliphatic heterocycles. The molecule has 4 rings (SSSR count). The van der Waals surface area contributed by atoms with E-state index in [1.807, 2.05) is 17.0 Å². The molecule has 0 radical (unpaired) electrons. The molecule has 0 saturated carbocycles. The molecule has 2 aromatic rings. The van der Waals surface area contributed by atoms with E-state index in [0.717, 1.165) is 43.7 Å². The zero-order valence-electron chi connectivity index (χ0n) is 13.8. The highest BCUT2D eigenvalue weighted by Gasteiger charge is 2.31. The minimum Gasteiger partial charge on any atom is -0.372 e. The molecule has 0 N–H and O–H groups in total. The van der Waals surface area contributed by atoms with Gasteiger partial charge in [0.2, 0.25) is 0 Å². The van der Waals surface area contributed by atoms with Crippen LogP contribution in [0.5, 0.6) is 0 Å². The molecule has 2 aliphatic rings. The molecule has 24 heavy (non-hydrogen) atoms. The Morgan fingerprint density at radius 1 is 1.00 bits per heavy atom. The van der Waals surface area contributed by atoms with Crippen molar-refractivity contribution >= 4 is 11.6 Å². The topological polar surface area (TPSA) is 49.3 Å². The van der Waals surface area contributed by atoms with Crippen molar-refractivity contribution in [3.05, 3.63) is 54.1 Å². The summed E-state index contributed by atoms with van der Waals surface area (Å²) in [5.41, 5.74) is 2.86. The van der Waals surface area contributed by atoms with E-state index in [-0.39, 0.29) is 11.9 Å². The van der Waals surface area contributed by atoms with Crippen LogP contribution < -0.4 is 4.90 Å². The van der Waals surface area contributed by atoms with Crippen LogP contribution in [0.1, 0.15) is 47.8 Å². The Balaban J connectivity index is 1.52. The second kappa shape index (κ2) is 6.59. The standard InChI is InChI=1S/C19H22N4O/c24-19(15-5-7-16(8-6-15)22-11-1-2-12-22)23-13-3-4-18(23)17-14-20-9-10-21-17/h5-10,14,18H,1-4,11-13H2/t18-/m0/s1. The summed E-state index contributed by atoms with van der Waals surface area (Å²) in [6, 6.07) is 8.12. The van der Waals surface area contributed by atoms with E-state index < -0.39 is 0 Å². The number of anilines is 1. The van der Waals surface area contributed by atoms with Gasteiger partial charge in [0.1, 0.15) is 0 Å². The summed E-state index contributed by atoms with van der Waals surface area (Å²) in [5, 5.41) is 0. The molecule has 2 saturated heterocycles. The van der Waals surface area contributed by atoms with Gasteiger partial charge in [-0.15, -0.1) is 0 Å². The Labute approximate surface area is 142 Å². The third-order valence-electron chi connectivity index (χ3n) is 5.02. The highest BCUT2D eigenvalue weighted by molar-refractivity contribution is 5.95. The molecule has 1 amide bonds. The van der Waals surface area contributed by atoms with Gasteiger partial charge in [-0.2, -0.15) is 0 Å². The highest BCUT2D eigenvalue weighted by Crippen LogP contribution is 2.32. The predicted molar refractivity (Wildman–Crippen MR) is 92.9 cm³/mol. The van der Waals surface area contributed by atoms with E-state index in [1.54, 1.807) is 18.6 Å². The van der Waals surface area contributed by atoms with Crippen LogP contribution in [0.15, 0.2) is 42.9 Å². The molecule has 124 valence electrons. The highest BCUT2D eigenvalue weighted by atomic mass is 16.2. The minimum atomic E-state index is 0.0458. The van der Waals surface area contributed by atoms with Crippen LogP contribution in [-0.2, 0) is 0 Å². The molecule has 2 fully saturated rings. The Hall–Kier alpha value is -2.43. The summed E-state index contributed by atoms with van der Waals surface area (Å²) in [6.45, 7) is 3.02. The van der Waals surface area contributed by atoms with Crippen molar-refractivity contribution in [1.82, 2.24) is 14.9 Å². The van der Waals surface area contributed by atoms with Crippen molar-refractivity contribution in [3.63, 3.8) is 0 Å². The summed E-state index contributed by atoms with van der Waals surface area (Å²) in [7, 11) is 0. The molecular formula is C19H22N4O. The molecule has 5 heteroatoms. The number of hydrogen-bond acceptors (Lipinski definition) is 4. The number of nitrogens with zero attached hydrogens (tertiary/aromatic N) is 4. The SMILES string of the molecule is O=C(c1ccc(N2CCCC2)cc1)N1CCC[C@H]1c1cnccn1.